The summed E-state index contributed by atoms with van der Waals surface area (Å²) in [6.45, 7) is 3.59. The van der Waals surface area contributed by atoms with Gasteiger partial charge in [0.05, 0.1) is 10.8 Å². The van der Waals surface area contributed by atoms with E-state index < -0.39 is 10.8 Å². The van der Waals surface area contributed by atoms with Crippen LogP contribution in [0.1, 0.15) is 12.8 Å². The van der Waals surface area contributed by atoms with Crippen LogP contribution in [0.2, 0.25) is 0 Å². The zero-order valence-electron chi connectivity index (χ0n) is 9.71. The van der Waals surface area contributed by atoms with Crippen molar-refractivity contribution in [2.24, 2.45) is 0 Å². The Labute approximate surface area is 105 Å². The Kier molecular flexibility index (Phi) is 6.73. The molecule has 0 aliphatic rings. The van der Waals surface area contributed by atoms with E-state index in [2.05, 4.69) is 12.3 Å². The molecule has 0 amide bonds. The highest BCUT2D eigenvalue weighted by atomic mass is 32.2. The fourth-order valence-corrected chi connectivity index (χ4v) is 1.97. The molecule has 1 aromatic rings. The van der Waals surface area contributed by atoms with Crippen molar-refractivity contribution in [3.8, 4) is 0 Å². The van der Waals surface area contributed by atoms with Crippen LogP contribution in [-0.2, 0) is 10.8 Å². The van der Waals surface area contributed by atoms with Crippen LogP contribution in [0.5, 0.6) is 0 Å². The molecule has 2 heteroatoms. The van der Waals surface area contributed by atoms with Gasteiger partial charge in [-0.25, -0.2) is 4.21 Å². The summed E-state index contributed by atoms with van der Waals surface area (Å²) in [6, 6.07) is 9.37. The number of rotatable bonds is 6. The lowest BCUT2D eigenvalue weighted by molar-refractivity contribution is 0.688. The van der Waals surface area contributed by atoms with Gasteiger partial charge < -0.3 is 0 Å². The zero-order valence-corrected chi connectivity index (χ0v) is 10.5. The van der Waals surface area contributed by atoms with Gasteiger partial charge in [0.1, 0.15) is 0 Å². The topological polar surface area (TPSA) is 17.1 Å². The minimum Gasteiger partial charge on any atom is -0.249 e. The Hall–Kier alpha value is -1.63. The van der Waals surface area contributed by atoms with Crippen molar-refractivity contribution in [3.05, 3.63) is 72.4 Å². The van der Waals surface area contributed by atoms with Crippen molar-refractivity contribution in [1.29, 1.82) is 0 Å². The third-order valence-electron chi connectivity index (χ3n) is 2.02. The van der Waals surface area contributed by atoms with Gasteiger partial charge in [0, 0.05) is 10.3 Å². The van der Waals surface area contributed by atoms with E-state index in [4.69, 9.17) is 0 Å². The van der Waals surface area contributed by atoms with E-state index in [1.54, 1.807) is 11.5 Å². The van der Waals surface area contributed by atoms with Crippen molar-refractivity contribution in [1.82, 2.24) is 0 Å². The van der Waals surface area contributed by atoms with Crippen LogP contribution < -0.4 is 0 Å². The summed E-state index contributed by atoms with van der Waals surface area (Å²) in [6.07, 6.45) is 9.45. The summed E-state index contributed by atoms with van der Waals surface area (Å²) in [4.78, 5) is 0.806. The average Bonchev–Trinajstić information content (AvgIpc) is 2.38. The van der Waals surface area contributed by atoms with Gasteiger partial charge in [-0.2, -0.15) is 0 Å². The molecule has 0 saturated heterocycles. The lowest BCUT2D eigenvalue weighted by Crippen LogP contribution is -1.83. The van der Waals surface area contributed by atoms with E-state index in [0.717, 1.165) is 17.7 Å². The Bertz CT molecular complexity index is 451. The Morgan fingerprint density at radius 1 is 1.24 bits per heavy atom. The second kappa shape index (κ2) is 8.51. The second-order valence-electron chi connectivity index (χ2n) is 3.34. The molecular formula is C15H16OS. The van der Waals surface area contributed by atoms with Crippen LogP contribution in [0.4, 0.5) is 0 Å². The normalized spacial score (nSPS) is 11.8. The number of hydrogen-bond donors (Lipinski definition) is 0. The first-order valence-electron chi connectivity index (χ1n) is 5.49. The summed E-state index contributed by atoms with van der Waals surface area (Å²) >= 11 is 0. The van der Waals surface area contributed by atoms with Crippen LogP contribution in [0.25, 0.3) is 0 Å². The molecule has 0 aromatic heterocycles. The largest absolute Gasteiger partial charge is 0.249 e. The van der Waals surface area contributed by atoms with Crippen LogP contribution in [-0.4, -0.2) is 4.21 Å². The SMILES string of the molecule is C=C/C=C/CCC=C=CS(=O)c1ccccc1. The summed E-state index contributed by atoms with van der Waals surface area (Å²) < 4.78 is 11.7. The van der Waals surface area contributed by atoms with E-state index in [-0.39, 0.29) is 0 Å². The maximum absolute atomic E-state index is 11.7. The quantitative estimate of drug-likeness (QED) is 0.420. The van der Waals surface area contributed by atoms with Crippen molar-refractivity contribution >= 4 is 10.8 Å². The molecule has 0 spiro atoms. The highest BCUT2D eigenvalue weighted by molar-refractivity contribution is 7.88. The van der Waals surface area contributed by atoms with Gasteiger partial charge in [-0.1, -0.05) is 43.0 Å². The Morgan fingerprint density at radius 2 is 2.00 bits per heavy atom. The van der Waals surface area contributed by atoms with Gasteiger partial charge in [-0.3, -0.25) is 0 Å². The van der Waals surface area contributed by atoms with Crippen molar-refractivity contribution < 1.29 is 4.21 Å². The third-order valence-corrected chi connectivity index (χ3v) is 3.11. The highest BCUT2D eigenvalue weighted by Gasteiger charge is 1.95. The fraction of sp³-hybridized carbons (Fsp3) is 0.133. The van der Waals surface area contributed by atoms with Gasteiger partial charge in [-0.05, 0) is 31.1 Å². The minimum atomic E-state index is -1.09. The zero-order chi connectivity index (χ0) is 12.3. The van der Waals surface area contributed by atoms with Crippen molar-refractivity contribution in [3.63, 3.8) is 0 Å². The fourth-order valence-electron chi connectivity index (χ4n) is 1.19. The first kappa shape index (κ1) is 13.4. The molecule has 0 heterocycles. The molecule has 1 rings (SSSR count). The van der Waals surface area contributed by atoms with Gasteiger partial charge in [0.2, 0.25) is 0 Å². The van der Waals surface area contributed by atoms with Crippen molar-refractivity contribution in [2.75, 3.05) is 0 Å². The standard InChI is InChI=1S/C15H16OS/c1-2-3-4-5-6-7-11-14-17(16)15-12-9-8-10-13-15/h2-4,7-10,12-14H,1,5-6H2/b4-3+. The lowest BCUT2D eigenvalue weighted by Gasteiger charge is -1.92. The lowest BCUT2D eigenvalue weighted by atomic mass is 10.3. The molecule has 0 fully saturated rings. The molecule has 1 unspecified atom stereocenters. The molecule has 0 aliphatic heterocycles. The molecule has 17 heavy (non-hydrogen) atoms. The van der Waals surface area contributed by atoms with E-state index in [1.165, 1.54) is 0 Å². The molecule has 1 aromatic carbocycles. The van der Waals surface area contributed by atoms with Gasteiger partial charge in [-0.15, -0.1) is 5.73 Å². The Balaban J connectivity index is 2.43. The van der Waals surface area contributed by atoms with E-state index >= 15 is 0 Å². The first-order chi connectivity index (χ1) is 8.34. The maximum atomic E-state index is 11.7. The molecule has 1 nitrogen and oxygen atoms in total. The summed E-state index contributed by atoms with van der Waals surface area (Å²) in [7, 11) is -1.09. The summed E-state index contributed by atoms with van der Waals surface area (Å²) in [5.74, 6) is 0. The molecule has 88 valence electrons. The first-order valence-corrected chi connectivity index (χ1v) is 6.70. The van der Waals surface area contributed by atoms with Crippen LogP contribution in [0, 0.1) is 0 Å². The third kappa shape index (κ3) is 5.86. The molecule has 0 bridgehead atoms. The van der Waals surface area contributed by atoms with E-state index in [9.17, 15) is 4.21 Å². The number of allylic oxidation sites excluding steroid dienone is 4. The van der Waals surface area contributed by atoms with E-state index in [0.29, 0.717) is 0 Å². The average molecular weight is 244 g/mol. The van der Waals surface area contributed by atoms with Crippen molar-refractivity contribution in [2.45, 2.75) is 17.7 Å². The molecule has 1 atom stereocenters. The molecule has 0 N–H and O–H groups in total. The predicted octanol–water partition coefficient (Wildman–Crippen LogP) is 3.99. The molecule has 0 aliphatic carbocycles. The van der Waals surface area contributed by atoms with Gasteiger partial charge >= 0.3 is 0 Å². The smallest absolute Gasteiger partial charge is 0.0854 e. The molecule has 0 saturated carbocycles. The molecular weight excluding hydrogens is 228 g/mol. The number of hydrogen-bond acceptors (Lipinski definition) is 1. The van der Waals surface area contributed by atoms with Gasteiger partial charge in [0.15, 0.2) is 0 Å². The van der Waals surface area contributed by atoms with Crippen LogP contribution >= 0.6 is 0 Å². The van der Waals surface area contributed by atoms with Gasteiger partial charge in [0.25, 0.3) is 0 Å². The highest BCUT2D eigenvalue weighted by Crippen LogP contribution is 2.05. The number of unbranched alkanes of at least 4 members (excludes halogenated alkanes) is 1. The maximum Gasteiger partial charge on any atom is 0.0854 e. The predicted molar refractivity (Wildman–Crippen MR) is 74.1 cm³/mol. The minimum absolute atomic E-state index is 0.806. The summed E-state index contributed by atoms with van der Waals surface area (Å²) in [5.41, 5.74) is 2.95. The van der Waals surface area contributed by atoms with Crippen LogP contribution in [0.3, 0.4) is 0 Å². The second-order valence-corrected chi connectivity index (χ2v) is 4.64. The number of benzene rings is 1. The summed E-state index contributed by atoms with van der Waals surface area (Å²) in [5, 5.41) is 1.59. The monoisotopic (exact) mass is 244 g/mol. The molecule has 0 radical (unpaired) electrons. The van der Waals surface area contributed by atoms with E-state index in [1.807, 2.05) is 48.6 Å². The van der Waals surface area contributed by atoms with Crippen LogP contribution in [0.15, 0.2) is 77.2 Å². The Morgan fingerprint density at radius 3 is 2.71 bits per heavy atom.